The summed E-state index contributed by atoms with van der Waals surface area (Å²) in [6.07, 6.45) is 3.20. The molecule has 0 aliphatic rings. The Balaban J connectivity index is 1.20. The third kappa shape index (κ3) is 7.47. The highest BCUT2D eigenvalue weighted by Gasteiger charge is 2.24. The minimum atomic E-state index is -2.15. The van der Waals surface area contributed by atoms with Crippen LogP contribution in [0, 0.1) is 0 Å². The summed E-state index contributed by atoms with van der Waals surface area (Å²) >= 11 is 3.35. The molecule has 0 saturated heterocycles. The quantitative estimate of drug-likeness (QED) is 0.166. The highest BCUT2D eigenvalue weighted by atomic mass is 79.9. The van der Waals surface area contributed by atoms with Crippen LogP contribution in [0.3, 0.4) is 0 Å². The van der Waals surface area contributed by atoms with Gasteiger partial charge in [-0.1, -0.05) is 28.1 Å². The molecule has 2 atom stereocenters. The number of ether oxygens (including phenoxy) is 2. The molecule has 2 aromatic carbocycles. The van der Waals surface area contributed by atoms with Gasteiger partial charge in [0.25, 0.3) is 12.3 Å². The topological polar surface area (TPSA) is 143 Å². The zero-order valence-electron chi connectivity index (χ0n) is 20.6. The first-order chi connectivity index (χ1) is 18.4. The van der Waals surface area contributed by atoms with Crippen molar-refractivity contribution in [1.29, 1.82) is 0 Å². The number of aromatic nitrogens is 4. The van der Waals surface area contributed by atoms with E-state index >= 15 is 0 Å². The first kappa shape index (κ1) is 27.4. The third-order valence-electron chi connectivity index (χ3n) is 5.37. The van der Waals surface area contributed by atoms with E-state index in [-0.39, 0.29) is 18.4 Å². The molecule has 3 N–H and O–H groups in total. The fraction of sp³-hybridized carbons (Fsp3) is 0.280. The number of anilines is 1. The molecule has 0 saturated carbocycles. The number of nitrogens with two attached hydrogens (primary N) is 1. The number of rotatable bonds is 13. The van der Waals surface area contributed by atoms with Crippen molar-refractivity contribution in [3.05, 3.63) is 71.2 Å². The van der Waals surface area contributed by atoms with Crippen molar-refractivity contribution in [1.82, 2.24) is 24.8 Å². The van der Waals surface area contributed by atoms with Crippen molar-refractivity contribution in [2.45, 2.75) is 26.0 Å². The van der Waals surface area contributed by atoms with Crippen molar-refractivity contribution in [3.63, 3.8) is 0 Å². The van der Waals surface area contributed by atoms with Crippen LogP contribution >= 0.6 is 24.0 Å². The number of halogens is 1. The number of hydrogen-bond acceptors (Lipinski definition) is 9. The molecule has 13 heteroatoms. The van der Waals surface area contributed by atoms with E-state index in [1.54, 1.807) is 47.3 Å². The zero-order chi connectivity index (χ0) is 26.9. The van der Waals surface area contributed by atoms with Gasteiger partial charge in [-0.3, -0.25) is 4.79 Å². The average molecular weight is 602 g/mol. The number of carbonyl (C=O) groups is 1. The van der Waals surface area contributed by atoms with Crippen molar-refractivity contribution < 1.29 is 23.4 Å². The lowest BCUT2D eigenvalue weighted by molar-refractivity contribution is 0.0851. The Morgan fingerprint density at radius 1 is 1.13 bits per heavy atom. The lowest BCUT2D eigenvalue weighted by Crippen LogP contribution is -2.25. The lowest BCUT2D eigenvalue weighted by Gasteiger charge is -2.11. The Bertz CT molecular complexity index is 1400. The van der Waals surface area contributed by atoms with Gasteiger partial charge >= 0.3 is 8.03 Å². The number of fused-ring (bicyclic) bond motifs is 1. The Labute approximate surface area is 228 Å². The van der Waals surface area contributed by atoms with Crippen molar-refractivity contribution in [2.24, 2.45) is 0 Å². The van der Waals surface area contributed by atoms with Gasteiger partial charge in [0.1, 0.15) is 11.8 Å². The van der Waals surface area contributed by atoms with Gasteiger partial charge in [-0.15, -0.1) is 0 Å². The van der Waals surface area contributed by atoms with Gasteiger partial charge in [-0.05, 0) is 54.3 Å². The van der Waals surface area contributed by atoms with Gasteiger partial charge in [0.15, 0.2) is 17.2 Å². The van der Waals surface area contributed by atoms with E-state index < -0.39 is 8.03 Å². The van der Waals surface area contributed by atoms with Crippen LogP contribution in [-0.4, -0.2) is 51.0 Å². The smallest absolute Gasteiger partial charge is 0.489 e. The summed E-state index contributed by atoms with van der Waals surface area (Å²) in [7, 11) is -2.15. The maximum Gasteiger partial charge on any atom is 0.585 e. The van der Waals surface area contributed by atoms with E-state index in [9.17, 15) is 9.36 Å². The van der Waals surface area contributed by atoms with Gasteiger partial charge in [-0.2, -0.15) is 0 Å². The van der Waals surface area contributed by atoms with Crippen LogP contribution in [-0.2, 0) is 15.8 Å². The average Bonchev–Trinajstić information content (AvgIpc) is 3.32. The van der Waals surface area contributed by atoms with Crippen molar-refractivity contribution >= 4 is 46.8 Å². The Morgan fingerprint density at radius 3 is 2.68 bits per heavy atom. The number of nitrogens with one attached hydrogen (secondary N) is 1. The first-order valence-corrected chi connectivity index (χ1v) is 14.0. The van der Waals surface area contributed by atoms with Gasteiger partial charge in [0.05, 0.1) is 25.6 Å². The van der Waals surface area contributed by atoms with Crippen LogP contribution in [0.4, 0.5) is 5.82 Å². The summed E-state index contributed by atoms with van der Waals surface area (Å²) in [5.41, 5.74) is 7.54. The molecule has 11 nitrogen and oxygen atoms in total. The molecule has 0 spiro atoms. The molecule has 2 aromatic heterocycles. The van der Waals surface area contributed by atoms with Gasteiger partial charge in [-0.25, -0.2) is 19.5 Å². The first-order valence-electron chi connectivity index (χ1n) is 11.8. The lowest BCUT2D eigenvalue weighted by atomic mass is 10.2. The number of amides is 1. The highest BCUT2D eigenvalue weighted by Crippen LogP contribution is 2.35. The van der Waals surface area contributed by atoms with E-state index in [1.165, 1.54) is 6.33 Å². The third-order valence-corrected chi connectivity index (χ3v) is 6.66. The van der Waals surface area contributed by atoms with Crippen molar-refractivity contribution in [2.75, 3.05) is 25.2 Å². The van der Waals surface area contributed by atoms with E-state index in [0.29, 0.717) is 60.2 Å². The second-order valence-electron chi connectivity index (χ2n) is 8.27. The molecule has 0 aliphatic heterocycles. The molecule has 4 aromatic rings. The summed E-state index contributed by atoms with van der Waals surface area (Å²) in [6, 6.07) is 14.1. The molecule has 0 fully saturated rings. The highest BCUT2D eigenvalue weighted by molar-refractivity contribution is 9.10. The molecule has 38 heavy (non-hydrogen) atoms. The molecule has 0 aliphatic carbocycles. The number of imidazole rings is 1. The van der Waals surface area contributed by atoms with Crippen LogP contribution < -0.4 is 20.3 Å². The Hall–Kier alpha value is -3.60. The van der Waals surface area contributed by atoms with Crippen LogP contribution in [0.1, 0.15) is 23.7 Å². The van der Waals surface area contributed by atoms with E-state index in [2.05, 4.69) is 36.2 Å². The van der Waals surface area contributed by atoms with E-state index in [1.807, 2.05) is 19.1 Å². The number of para-hydroxylation sites is 2. The Kier molecular flexibility index (Phi) is 9.58. The molecule has 0 bridgehead atoms. The number of hydrogen-bond donors (Lipinski definition) is 2. The SMILES string of the molecule is CC(Cn1cnc2c(N)ncnc21)OC[P+](=O)Oc1ccccc1OCCCNC(=O)c1ccc(Br)cc1. The molecule has 0 radical (unpaired) electrons. The minimum absolute atomic E-state index is 0.101. The molecule has 198 valence electrons. The zero-order valence-corrected chi connectivity index (χ0v) is 23.1. The second-order valence-corrected chi connectivity index (χ2v) is 10.3. The maximum atomic E-state index is 12.6. The number of nitrogens with zero attached hydrogens (tertiary/aromatic N) is 4. The summed E-state index contributed by atoms with van der Waals surface area (Å²) in [5.74, 6) is 0.984. The van der Waals surface area contributed by atoms with Gasteiger partial charge < -0.3 is 25.1 Å². The molecule has 2 unspecified atom stereocenters. The van der Waals surface area contributed by atoms with Crippen LogP contribution in [0.2, 0.25) is 0 Å². The van der Waals surface area contributed by atoms with Crippen LogP contribution in [0.15, 0.2) is 65.7 Å². The fourth-order valence-electron chi connectivity index (χ4n) is 3.49. The summed E-state index contributed by atoms with van der Waals surface area (Å²) in [4.78, 5) is 24.6. The van der Waals surface area contributed by atoms with Gasteiger partial charge in [0.2, 0.25) is 5.75 Å². The summed E-state index contributed by atoms with van der Waals surface area (Å²) in [5, 5.41) is 2.86. The minimum Gasteiger partial charge on any atom is -0.489 e. The predicted molar refractivity (Wildman–Crippen MR) is 146 cm³/mol. The number of benzene rings is 2. The predicted octanol–water partition coefficient (Wildman–Crippen LogP) is 4.55. The molecule has 4 rings (SSSR count). The fourth-order valence-corrected chi connectivity index (χ4v) is 4.55. The molecular formula is C25H27BrN6O5P+. The summed E-state index contributed by atoms with van der Waals surface area (Å²) in [6.45, 7) is 3.08. The van der Waals surface area contributed by atoms with E-state index in [0.717, 1.165) is 4.47 Å². The largest absolute Gasteiger partial charge is 0.585 e. The summed E-state index contributed by atoms with van der Waals surface area (Å²) < 4.78 is 32.4. The standard InChI is InChI=1S/C25H26BrN6O5P/c1-17(13-32-15-31-22-23(27)29-14-30-24(22)32)36-16-38(34)37-21-6-3-2-5-20(21)35-12-4-11-28-25(33)18-7-9-19(26)10-8-18/h2-3,5-10,14-15,17H,4,11-13,16H2,1H3,(H2-,27,28,29,30,33)/p+1. The Morgan fingerprint density at radius 2 is 1.89 bits per heavy atom. The van der Waals surface area contributed by atoms with Crippen molar-refractivity contribution in [3.8, 4) is 11.5 Å². The maximum absolute atomic E-state index is 12.6. The molecular weight excluding hydrogens is 575 g/mol. The second kappa shape index (κ2) is 13.3. The van der Waals surface area contributed by atoms with E-state index in [4.69, 9.17) is 19.7 Å². The molecule has 2 heterocycles. The molecule has 1 amide bonds. The van der Waals surface area contributed by atoms with Gasteiger partial charge in [0, 0.05) is 16.6 Å². The monoisotopic (exact) mass is 601 g/mol. The van der Waals surface area contributed by atoms with Crippen LogP contribution in [0.25, 0.3) is 11.2 Å². The van der Waals surface area contributed by atoms with Crippen LogP contribution in [0.5, 0.6) is 11.5 Å². The number of carbonyl (C=O) groups excluding carboxylic acids is 1. The number of nitrogen functional groups attached to an aromatic ring is 1. The normalized spacial score (nSPS) is 12.2.